The molecule has 1 heterocycles. The number of methoxy groups -OCH3 is 1. The highest BCUT2D eigenvalue weighted by Gasteiger charge is 2.45. The summed E-state index contributed by atoms with van der Waals surface area (Å²) in [5, 5.41) is 2.55. The number of urea groups is 1. The average molecular weight is 375 g/mol. The number of rotatable bonds is 6. The lowest BCUT2D eigenvalue weighted by Crippen LogP contribution is -2.39. The zero-order valence-corrected chi connectivity index (χ0v) is 15.6. The largest absolute Gasteiger partial charge is 0.465 e. The van der Waals surface area contributed by atoms with Crippen molar-refractivity contribution in [1.29, 1.82) is 0 Å². The second kappa shape index (κ2) is 7.98. The number of esters is 1. The zero-order valence-electron chi connectivity index (χ0n) is 15.6. The van der Waals surface area contributed by atoms with Crippen molar-refractivity contribution in [3.63, 3.8) is 0 Å². The molecule has 5 amide bonds. The molecule has 0 unspecified atom stereocenters. The monoisotopic (exact) mass is 375 g/mol. The Morgan fingerprint density at radius 1 is 1.11 bits per heavy atom. The van der Waals surface area contributed by atoms with Gasteiger partial charge in [-0.25, -0.2) is 14.5 Å². The van der Waals surface area contributed by atoms with Gasteiger partial charge in [-0.1, -0.05) is 19.9 Å². The summed E-state index contributed by atoms with van der Waals surface area (Å²) in [5.41, 5.74) is 1.25. The topological polar surface area (TPSA) is 113 Å². The first kappa shape index (κ1) is 20.1. The van der Waals surface area contributed by atoms with Crippen LogP contribution in [0.5, 0.6) is 0 Å². The van der Waals surface area contributed by atoms with Gasteiger partial charge in [0.15, 0.2) is 0 Å². The third kappa shape index (κ3) is 4.30. The van der Waals surface area contributed by atoms with E-state index in [4.69, 9.17) is 0 Å². The molecule has 0 atom stereocenters. The number of carbonyl (C=O) groups excluding carboxylic acids is 5. The number of anilines is 1. The standard InChI is InChI=1S/C18H21N3O6/c1-10(2)8-20-15(23)16(24)21(18(20)26)9-14(22)19-13-7-12(17(25)27-4)6-5-11(13)3/h5-7,10H,8-9H2,1-4H3,(H,19,22). The Labute approximate surface area is 156 Å². The summed E-state index contributed by atoms with van der Waals surface area (Å²) in [7, 11) is 1.24. The Kier molecular flexibility index (Phi) is 5.94. The number of ether oxygens (including phenoxy) is 1. The summed E-state index contributed by atoms with van der Waals surface area (Å²) in [6.07, 6.45) is 0. The highest BCUT2D eigenvalue weighted by atomic mass is 16.5. The summed E-state index contributed by atoms with van der Waals surface area (Å²) in [6.45, 7) is 4.83. The fourth-order valence-electron chi connectivity index (χ4n) is 2.55. The molecule has 9 nitrogen and oxygen atoms in total. The van der Waals surface area contributed by atoms with Crippen LogP contribution in [0.1, 0.15) is 29.8 Å². The van der Waals surface area contributed by atoms with E-state index in [-0.39, 0.29) is 18.0 Å². The number of hydrogen-bond acceptors (Lipinski definition) is 6. The minimum atomic E-state index is -1.03. The van der Waals surface area contributed by atoms with Gasteiger partial charge in [-0.2, -0.15) is 0 Å². The number of nitrogens with zero attached hydrogens (tertiary/aromatic N) is 2. The highest BCUT2D eigenvalue weighted by Crippen LogP contribution is 2.19. The van der Waals surface area contributed by atoms with Crippen LogP contribution in [0.4, 0.5) is 10.5 Å². The van der Waals surface area contributed by atoms with Crippen molar-refractivity contribution in [2.75, 3.05) is 25.5 Å². The second-order valence-corrected chi connectivity index (χ2v) is 6.55. The van der Waals surface area contributed by atoms with Crippen molar-refractivity contribution in [3.8, 4) is 0 Å². The van der Waals surface area contributed by atoms with Crippen LogP contribution in [0.2, 0.25) is 0 Å². The third-order valence-corrected chi connectivity index (χ3v) is 3.92. The first-order chi connectivity index (χ1) is 12.6. The van der Waals surface area contributed by atoms with Gasteiger partial charge >= 0.3 is 23.8 Å². The predicted molar refractivity (Wildman–Crippen MR) is 94.8 cm³/mol. The fraction of sp³-hybridized carbons (Fsp3) is 0.389. The third-order valence-electron chi connectivity index (χ3n) is 3.92. The number of amides is 5. The van der Waals surface area contributed by atoms with Gasteiger partial charge in [0.1, 0.15) is 6.54 Å². The lowest BCUT2D eigenvalue weighted by Gasteiger charge is -2.17. The van der Waals surface area contributed by atoms with E-state index in [1.807, 2.05) is 0 Å². The lowest BCUT2D eigenvalue weighted by molar-refractivity contribution is -0.143. The molecule has 0 bridgehead atoms. The predicted octanol–water partition coefficient (Wildman–Crippen LogP) is 1.17. The van der Waals surface area contributed by atoms with Crippen molar-refractivity contribution in [2.45, 2.75) is 20.8 Å². The van der Waals surface area contributed by atoms with Crippen molar-refractivity contribution in [2.24, 2.45) is 5.92 Å². The van der Waals surface area contributed by atoms with Crippen LogP contribution in [0, 0.1) is 12.8 Å². The molecule has 1 aromatic rings. The smallest absolute Gasteiger partial charge is 0.337 e. The molecule has 0 saturated carbocycles. The van der Waals surface area contributed by atoms with Gasteiger partial charge in [0.2, 0.25) is 5.91 Å². The SMILES string of the molecule is COC(=O)c1ccc(C)c(NC(=O)CN2C(=O)C(=O)N(CC(C)C)C2=O)c1. The lowest BCUT2D eigenvalue weighted by atomic mass is 10.1. The van der Waals surface area contributed by atoms with E-state index in [0.29, 0.717) is 16.2 Å². The molecule has 9 heteroatoms. The van der Waals surface area contributed by atoms with Gasteiger partial charge in [0.25, 0.3) is 0 Å². The fourth-order valence-corrected chi connectivity index (χ4v) is 2.55. The second-order valence-electron chi connectivity index (χ2n) is 6.55. The summed E-state index contributed by atoms with van der Waals surface area (Å²) < 4.78 is 4.63. The molecule has 0 aromatic heterocycles. The molecule has 0 spiro atoms. The number of carbonyl (C=O) groups is 5. The number of aryl methyl sites for hydroxylation is 1. The van der Waals surface area contributed by atoms with Crippen LogP contribution >= 0.6 is 0 Å². The quantitative estimate of drug-likeness (QED) is 0.454. The molecular weight excluding hydrogens is 354 g/mol. The number of benzene rings is 1. The van der Waals surface area contributed by atoms with Crippen molar-refractivity contribution >= 4 is 35.4 Å². The Balaban J connectivity index is 2.12. The van der Waals surface area contributed by atoms with E-state index in [0.717, 1.165) is 4.90 Å². The minimum Gasteiger partial charge on any atom is -0.465 e. The first-order valence-corrected chi connectivity index (χ1v) is 8.31. The molecule has 2 rings (SSSR count). The summed E-state index contributed by atoms with van der Waals surface area (Å²) >= 11 is 0. The van der Waals surface area contributed by atoms with E-state index >= 15 is 0 Å². The molecule has 1 fully saturated rings. The Morgan fingerprint density at radius 3 is 2.33 bits per heavy atom. The molecule has 0 radical (unpaired) electrons. The number of nitrogens with one attached hydrogen (secondary N) is 1. The molecule has 1 N–H and O–H groups in total. The van der Waals surface area contributed by atoms with Crippen LogP contribution in [0.15, 0.2) is 18.2 Å². The molecule has 1 saturated heterocycles. The molecule has 144 valence electrons. The van der Waals surface area contributed by atoms with Crippen molar-refractivity contribution in [3.05, 3.63) is 29.3 Å². The molecular formula is C18H21N3O6. The maximum Gasteiger partial charge on any atom is 0.337 e. The van der Waals surface area contributed by atoms with Crippen LogP contribution in [0.25, 0.3) is 0 Å². The van der Waals surface area contributed by atoms with Gasteiger partial charge in [-0.15, -0.1) is 0 Å². The normalized spacial score (nSPS) is 14.2. The Bertz CT molecular complexity index is 817. The van der Waals surface area contributed by atoms with Gasteiger partial charge < -0.3 is 10.1 Å². The minimum absolute atomic E-state index is 0.0109. The molecule has 27 heavy (non-hydrogen) atoms. The van der Waals surface area contributed by atoms with E-state index in [1.54, 1.807) is 32.9 Å². The number of hydrogen-bond donors (Lipinski definition) is 1. The van der Waals surface area contributed by atoms with E-state index in [1.165, 1.54) is 13.2 Å². The Morgan fingerprint density at radius 2 is 1.74 bits per heavy atom. The average Bonchev–Trinajstić information content (AvgIpc) is 2.80. The molecule has 1 aromatic carbocycles. The zero-order chi connectivity index (χ0) is 20.3. The van der Waals surface area contributed by atoms with Crippen LogP contribution in [-0.2, 0) is 19.1 Å². The molecule has 0 aliphatic carbocycles. The van der Waals surface area contributed by atoms with Crippen LogP contribution < -0.4 is 5.32 Å². The van der Waals surface area contributed by atoms with E-state index < -0.39 is 36.3 Å². The van der Waals surface area contributed by atoms with E-state index in [2.05, 4.69) is 10.1 Å². The summed E-state index contributed by atoms with van der Waals surface area (Å²) in [4.78, 5) is 61.6. The van der Waals surface area contributed by atoms with Gasteiger partial charge in [0.05, 0.1) is 12.7 Å². The summed E-state index contributed by atoms with van der Waals surface area (Å²) in [6, 6.07) is 3.80. The van der Waals surface area contributed by atoms with Gasteiger partial charge in [-0.3, -0.25) is 19.3 Å². The van der Waals surface area contributed by atoms with Crippen molar-refractivity contribution < 1.29 is 28.7 Å². The van der Waals surface area contributed by atoms with Crippen molar-refractivity contribution in [1.82, 2.24) is 9.80 Å². The van der Waals surface area contributed by atoms with E-state index in [9.17, 15) is 24.0 Å². The number of imide groups is 2. The van der Waals surface area contributed by atoms with Crippen LogP contribution in [-0.4, -0.2) is 59.7 Å². The summed E-state index contributed by atoms with van der Waals surface area (Å²) in [5.74, 6) is -3.21. The maximum absolute atomic E-state index is 12.3. The van der Waals surface area contributed by atoms with Crippen LogP contribution in [0.3, 0.4) is 0 Å². The van der Waals surface area contributed by atoms with Gasteiger partial charge in [-0.05, 0) is 30.5 Å². The maximum atomic E-state index is 12.3. The molecule has 1 aliphatic rings. The highest BCUT2D eigenvalue weighted by molar-refractivity contribution is 6.45. The Hall–Kier alpha value is -3.23. The van der Waals surface area contributed by atoms with Gasteiger partial charge in [0, 0.05) is 12.2 Å². The first-order valence-electron chi connectivity index (χ1n) is 8.31. The molecule has 1 aliphatic heterocycles.